The molecule has 16 heavy (non-hydrogen) atoms. The highest BCUT2D eigenvalue weighted by molar-refractivity contribution is 5.89. The second-order valence-electron chi connectivity index (χ2n) is 4.20. The van der Waals surface area contributed by atoms with Crippen LogP contribution in [0, 0.1) is 0 Å². The summed E-state index contributed by atoms with van der Waals surface area (Å²) in [5.41, 5.74) is 8.26. The van der Waals surface area contributed by atoms with Gasteiger partial charge in [-0.15, -0.1) is 0 Å². The van der Waals surface area contributed by atoms with Crippen molar-refractivity contribution in [2.45, 2.75) is 57.5 Å². The van der Waals surface area contributed by atoms with Crippen molar-refractivity contribution < 1.29 is 14.7 Å². The summed E-state index contributed by atoms with van der Waals surface area (Å²) in [7, 11) is 0. The number of nitrogens with two attached hydrogens (primary N) is 2. The Labute approximate surface area is 96.2 Å². The fourth-order valence-corrected chi connectivity index (χ4v) is 1.61. The molecule has 0 radical (unpaired) electrons. The van der Waals surface area contributed by atoms with Crippen LogP contribution in [0.4, 0.5) is 0 Å². The number of carbonyl (C=O) groups excluding carboxylic acids is 2. The maximum Gasteiger partial charge on any atom is 0.249 e. The highest BCUT2D eigenvalue weighted by atomic mass is 16.3. The van der Waals surface area contributed by atoms with Crippen LogP contribution in [0.1, 0.15) is 51.9 Å². The summed E-state index contributed by atoms with van der Waals surface area (Å²) in [6.07, 6.45) is 4.72. The van der Waals surface area contributed by atoms with Gasteiger partial charge in [0.15, 0.2) is 5.60 Å². The molecule has 0 aromatic carbocycles. The number of primary amides is 2. The van der Waals surface area contributed by atoms with Crippen molar-refractivity contribution in [2.75, 3.05) is 0 Å². The number of hydrogen-bond acceptors (Lipinski definition) is 3. The van der Waals surface area contributed by atoms with Crippen LogP contribution in [-0.4, -0.2) is 22.5 Å². The van der Waals surface area contributed by atoms with Gasteiger partial charge in [0, 0.05) is 0 Å². The van der Waals surface area contributed by atoms with Crippen molar-refractivity contribution in [3.63, 3.8) is 0 Å². The Balaban J connectivity index is 4.03. The van der Waals surface area contributed by atoms with Crippen LogP contribution in [0.15, 0.2) is 0 Å². The zero-order chi connectivity index (χ0) is 12.6. The van der Waals surface area contributed by atoms with E-state index in [4.69, 9.17) is 11.5 Å². The Hall–Kier alpha value is -1.10. The summed E-state index contributed by atoms with van der Waals surface area (Å²) >= 11 is 0. The Morgan fingerprint density at radius 2 is 1.69 bits per heavy atom. The minimum absolute atomic E-state index is 0.203. The molecule has 5 nitrogen and oxygen atoms in total. The van der Waals surface area contributed by atoms with Crippen molar-refractivity contribution in [3.8, 4) is 0 Å². The van der Waals surface area contributed by atoms with Gasteiger partial charge in [-0.05, 0) is 6.42 Å². The third-order valence-electron chi connectivity index (χ3n) is 2.62. The first kappa shape index (κ1) is 14.9. The van der Waals surface area contributed by atoms with Gasteiger partial charge in [-0.25, -0.2) is 0 Å². The maximum absolute atomic E-state index is 11.0. The van der Waals surface area contributed by atoms with Gasteiger partial charge in [-0.3, -0.25) is 9.59 Å². The minimum Gasteiger partial charge on any atom is -0.379 e. The van der Waals surface area contributed by atoms with E-state index < -0.39 is 23.8 Å². The minimum atomic E-state index is -1.77. The second kappa shape index (κ2) is 7.22. The predicted molar refractivity (Wildman–Crippen MR) is 61.3 cm³/mol. The van der Waals surface area contributed by atoms with Gasteiger partial charge in [-0.1, -0.05) is 39.0 Å². The fourth-order valence-electron chi connectivity index (χ4n) is 1.61. The first-order chi connectivity index (χ1) is 7.42. The van der Waals surface area contributed by atoms with Crippen LogP contribution in [0.3, 0.4) is 0 Å². The van der Waals surface area contributed by atoms with E-state index in [1.165, 1.54) is 0 Å². The lowest BCUT2D eigenvalue weighted by molar-refractivity contribution is -0.142. The molecule has 0 rings (SSSR count). The molecule has 1 atom stereocenters. The van der Waals surface area contributed by atoms with E-state index in [1.54, 1.807) is 0 Å². The molecule has 94 valence electrons. The molecular formula is C11H22N2O3. The molecule has 0 heterocycles. The molecule has 5 heteroatoms. The molecular weight excluding hydrogens is 208 g/mol. The first-order valence-electron chi connectivity index (χ1n) is 5.73. The summed E-state index contributed by atoms with van der Waals surface area (Å²) in [6.45, 7) is 2.10. The Morgan fingerprint density at radius 3 is 2.12 bits per heavy atom. The van der Waals surface area contributed by atoms with Gasteiger partial charge < -0.3 is 16.6 Å². The lowest BCUT2D eigenvalue weighted by atomic mass is 9.91. The summed E-state index contributed by atoms with van der Waals surface area (Å²) in [4.78, 5) is 21.8. The van der Waals surface area contributed by atoms with Crippen LogP contribution in [0.5, 0.6) is 0 Å². The summed E-state index contributed by atoms with van der Waals surface area (Å²) in [6, 6.07) is 0. The number of carbonyl (C=O) groups is 2. The predicted octanol–water partition coefficient (Wildman–Crippen LogP) is 0.439. The average molecular weight is 230 g/mol. The molecule has 0 aliphatic heterocycles. The molecule has 5 N–H and O–H groups in total. The molecule has 1 unspecified atom stereocenters. The quantitative estimate of drug-likeness (QED) is 0.500. The molecule has 0 bridgehead atoms. The lowest BCUT2D eigenvalue weighted by Crippen LogP contribution is -2.46. The first-order valence-corrected chi connectivity index (χ1v) is 5.73. The van der Waals surface area contributed by atoms with Crippen LogP contribution in [-0.2, 0) is 9.59 Å². The fraction of sp³-hybridized carbons (Fsp3) is 0.818. The smallest absolute Gasteiger partial charge is 0.249 e. The Kier molecular flexibility index (Phi) is 6.72. The maximum atomic E-state index is 11.0. The molecule has 0 aliphatic carbocycles. The van der Waals surface area contributed by atoms with Crippen molar-refractivity contribution >= 4 is 11.8 Å². The Bertz CT molecular complexity index is 243. The normalized spacial score (nSPS) is 14.4. The molecule has 0 aromatic rings. The van der Waals surface area contributed by atoms with Gasteiger partial charge >= 0.3 is 0 Å². The molecule has 0 saturated carbocycles. The van der Waals surface area contributed by atoms with E-state index in [0.717, 1.165) is 25.7 Å². The van der Waals surface area contributed by atoms with E-state index in [2.05, 4.69) is 6.92 Å². The molecule has 0 spiro atoms. The third-order valence-corrected chi connectivity index (χ3v) is 2.62. The van der Waals surface area contributed by atoms with Gasteiger partial charge in [0.25, 0.3) is 0 Å². The second-order valence-corrected chi connectivity index (χ2v) is 4.20. The van der Waals surface area contributed by atoms with Crippen LogP contribution < -0.4 is 11.5 Å². The molecule has 0 fully saturated rings. The van der Waals surface area contributed by atoms with Gasteiger partial charge in [0.2, 0.25) is 11.8 Å². The van der Waals surface area contributed by atoms with Crippen molar-refractivity contribution in [1.29, 1.82) is 0 Å². The largest absolute Gasteiger partial charge is 0.379 e. The summed E-state index contributed by atoms with van der Waals surface area (Å²) < 4.78 is 0. The molecule has 2 amide bonds. The van der Waals surface area contributed by atoms with E-state index >= 15 is 0 Å². The lowest BCUT2D eigenvalue weighted by Gasteiger charge is -2.22. The van der Waals surface area contributed by atoms with E-state index in [0.29, 0.717) is 6.42 Å². The summed E-state index contributed by atoms with van der Waals surface area (Å²) in [5.74, 6) is -1.59. The highest BCUT2D eigenvalue weighted by Gasteiger charge is 2.34. The molecule has 0 saturated heterocycles. The zero-order valence-corrected chi connectivity index (χ0v) is 9.87. The van der Waals surface area contributed by atoms with Gasteiger partial charge in [0.1, 0.15) is 0 Å². The number of amides is 2. The number of rotatable bonds is 9. The van der Waals surface area contributed by atoms with Crippen molar-refractivity contribution in [2.24, 2.45) is 11.5 Å². The molecule has 0 aromatic heterocycles. The monoisotopic (exact) mass is 230 g/mol. The number of aliphatic hydroxyl groups is 1. The van der Waals surface area contributed by atoms with E-state index in [9.17, 15) is 14.7 Å². The zero-order valence-electron chi connectivity index (χ0n) is 9.87. The third kappa shape index (κ3) is 5.70. The van der Waals surface area contributed by atoms with E-state index in [-0.39, 0.29) is 6.42 Å². The Morgan fingerprint density at radius 1 is 1.12 bits per heavy atom. The van der Waals surface area contributed by atoms with Gasteiger partial charge in [0.05, 0.1) is 6.42 Å². The van der Waals surface area contributed by atoms with E-state index in [1.807, 2.05) is 0 Å². The molecule has 0 aliphatic rings. The van der Waals surface area contributed by atoms with Gasteiger partial charge in [-0.2, -0.15) is 0 Å². The number of unbranched alkanes of at least 4 members (excludes halogenated alkanes) is 4. The van der Waals surface area contributed by atoms with Crippen LogP contribution >= 0.6 is 0 Å². The number of hydrogen-bond donors (Lipinski definition) is 3. The SMILES string of the molecule is CCCCCCCC(O)(CC(N)=O)C(N)=O. The van der Waals surface area contributed by atoms with Crippen LogP contribution in [0.2, 0.25) is 0 Å². The highest BCUT2D eigenvalue weighted by Crippen LogP contribution is 2.19. The standard InChI is InChI=1S/C11H22N2O3/c1-2-3-4-5-6-7-11(16,10(13)15)8-9(12)14/h16H,2-8H2,1H3,(H2,12,14)(H2,13,15). The van der Waals surface area contributed by atoms with Crippen molar-refractivity contribution in [3.05, 3.63) is 0 Å². The summed E-state index contributed by atoms with van der Waals surface area (Å²) in [5, 5.41) is 9.84. The topological polar surface area (TPSA) is 106 Å². The van der Waals surface area contributed by atoms with Crippen molar-refractivity contribution in [1.82, 2.24) is 0 Å². The average Bonchev–Trinajstić information content (AvgIpc) is 2.16. The van der Waals surface area contributed by atoms with Crippen LogP contribution in [0.25, 0.3) is 0 Å².